The molecule has 2 aromatic rings. The van der Waals surface area contributed by atoms with Gasteiger partial charge in [0.15, 0.2) is 5.96 Å². The Morgan fingerprint density at radius 2 is 1.88 bits per heavy atom. The number of nitrogens with zero attached hydrogens (tertiary/aromatic N) is 2. The van der Waals surface area contributed by atoms with E-state index in [2.05, 4.69) is 25.9 Å². The minimum Gasteiger partial charge on any atom is -0.356 e. The maximum atomic E-state index is 13.1. The zero-order chi connectivity index (χ0) is 18.6. The first-order valence-corrected chi connectivity index (χ1v) is 8.53. The Morgan fingerprint density at radius 3 is 2.62 bits per heavy atom. The van der Waals surface area contributed by atoms with Gasteiger partial charge in [-0.25, -0.2) is 4.39 Å². The minimum atomic E-state index is -0.336. The van der Waals surface area contributed by atoms with Gasteiger partial charge in [0.1, 0.15) is 5.82 Å². The third-order valence-electron chi connectivity index (χ3n) is 3.62. The smallest absolute Gasteiger partial charge is 0.224 e. The second-order valence-corrected chi connectivity index (χ2v) is 5.65. The molecule has 0 aliphatic rings. The molecule has 0 fully saturated rings. The van der Waals surface area contributed by atoms with Gasteiger partial charge in [0.25, 0.3) is 0 Å². The first-order chi connectivity index (χ1) is 12.7. The summed E-state index contributed by atoms with van der Waals surface area (Å²) in [6.45, 7) is 1.70. The highest BCUT2D eigenvalue weighted by atomic mass is 19.1. The predicted molar refractivity (Wildman–Crippen MR) is 100 cm³/mol. The normalized spacial score (nSPS) is 11.1. The number of hydrogen-bond donors (Lipinski definition) is 3. The molecule has 0 saturated carbocycles. The van der Waals surface area contributed by atoms with Gasteiger partial charge >= 0.3 is 0 Å². The van der Waals surface area contributed by atoms with Crippen molar-refractivity contribution in [2.75, 3.05) is 26.7 Å². The van der Waals surface area contributed by atoms with Gasteiger partial charge in [0, 0.05) is 45.0 Å². The van der Waals surface area contributed by atoms with Crippen LogP contribution in [0.2, 0.25) is 0 Å². The minimum absolute atomic E-state index is 0.143. The van der Waals surface area contributed by atoms with Crippen LogP contribution in [0.5, 0.6) is 0 Å². The lowest BCUT2D eigenvalue weighted by Crippen LogP contribution is -2.42. The van der Waals surface area contributed by atoms with E-state index in [9.17, 15) is 9.18 Å². The first kappa shape index (κ1) is 19.4. The molecule has 1 heterocycles. The Morgan fingerprint density at radius 1 is 1.08 bits per heavy atom. The summed E-state index contributed by atoms with van der Waals surface area (Å²) in [5.41, 5.74) is 1.67. The van der Waals surface area contributed by atoms with Crippen LogP contribution in [0.15, 0.2) is 53.7 Å². The topological polar surface area (TPSA) is 78.4 Å². The van der Waals surface area contributed by atoms with E-state index in [4.69, 9.17) is 0 Å². The van der Waals surface area contributed by atoms with Crippen LogP contribution in [0.4, 0.5) is 4.39 Å². The average Bonchev–Trinajstić information content (AvgIpc) is 2.64. The van der Waals surface area contributed by atoms with Gasteiger partial charge in [-0.3, -0.25) is 14.8 Å². The highest BCUT2D eigenvalue weighted by Crippen LogP contribution is 2.03. The number of pyridine rings is 1. The maximum absolute atomic E-state index is 13.1. The zero-order valence-electron chi connectivity index (χ0n) is 14.8. The molecular formula is C19H24FN5O. The standard InChI is InChI=1S/C19H24FN5O/c1-21-19(24-10-8-17-7-2-3-9-22-17)25-12-11-23-18(26)14-15-5-4-6-16(20)13-15/h2-7,9,13H,8,10-12,14H2,1H3,(H,23,26)(H2,21,24,25). The molecule has 1 aromatic heterocycles. The molecule has 0 atom stereocenters. The molecule has 0 radical (unpaired) electrons. The predicted octanol–water partition coefficient (Wildman–Crippen LogP) is 1.29. The second kappa shape index (κ2) is 10.8. The van der Waals surface area contributed by atoms with Crippen molar-refractivity contribution >= 4 is 11.9 Å². The van der Waals surface area contributed by atoms with Crippen LogP contribution < -0.4 is 16.0 Å². The molecule has 0 spiro atoms. The Bertz CT molecular complexity index is 721. The lowest BCUT2D eigenvalue weighted by Gasteiger charge is -2.12. The van der Waals surface area contributed by atoms with E-state index in [0.29, 0.717) is 31.2 Å². The molecule has 0 bridgehead atoms. The van der Waals surface area contributed by atoms with Crippen molar-refractivity contribution in [3.63, 3.8) is 0 Å². The number of aliphatic imine (C=N–C) groups is 1. The Balaban J connectivity index is 1.60. The fourth-order valence-electron chi connectivity index (χ4n) is 2.35. The highest BCUT2D eigenvalue weighted by Gasteiger charge is 2.04. The van der Waals surface area contributed by atoms with E-state index in [0.717, 1.165) is 12.1 Å². The zero-order valence-corrected chi connectivity index (χ0v) is 14.8. The number of carbonyl (C=O) groups excluding carboxylic acids is 1. The average molecular weight is 357 g/mol. The van der Waals surface area contributed by atoms with Crippen molar-refractivity contribution in [1.82, 2.24) is 20.9 Å². The molecule has 6 nitrogen and oxygen atoms in total. The summed E-state index contributed by atoms with van der Waals surface area (Å²) in [6, 6.07) is 11.9. The van der Waals surface area contributed by atoms with E-state index in [1.165, 1.54) is 12.1 Å². The van der Waals surface area contributed by atoms with E-state index < -0.39 is 0 Å². The van der Waals surface area contributed by atoms with E-state index in [-0.39, 0.29) is 18.1 Å². The van der Waals surface area contributed by atoms with Crippen molar-refractivity contribution < 1.29 is 9.18 Å². The van der Waals surface area contributed by atoms with Gasteiger partial charge in [-0.1, -0.05) is 18.2 Å². The van der Waals surface area contributed by atoms with Gasteiger partial charge in [0.05, 0.1) is 6.42 Å². The van der Waals surface area contributed by atoms with Crippen molar-refractivity contribution in [2.24, 2.45) is 4.99 Å². The summed E-state index contributed by atoms with van der Waals surface area (Å²) < 4.78 is 13.1. The maximum Gasteiger partial charge on any atom is 0.224 e. The van der Waals surface area contributed by atoms with Gasteiger partial charge < -0.3 is 16.0 Å². The summed E-state index contributed by atoms with van der Waals surface area (Å²) >= 11 is 0. The summed E-state index contributed by atoms with van der Waals surface area (Å²) in [5.74, 6) is 0.188. The third-order valence-corrected chi connectivity index (χ3v) is 3.62. The molecule has 3 N–H and O–H groups in total. The number of aromatic nitrogens is 1. The lowest BCUT2D eigenvalue weighted by molar-refractivity contribution is -0.120. The SMILES string of the molecule is CN=C(NCCNC(=O)Cc1cccc(F)c1)NCCc1ccccn1. The molecule has 1 aromatic carbocycles. The third kappa shape index (κ3) is 7.29. The molecule has 0 saturated heterocycles. The molecule has 1 amide bonds. The fraction of sp³-hybridized carbons (Fsp3) is 0.316. The largest absolute Gasteiger partial charge is 0.356 e. The summed E-state index contributed by atoms with van der Waals surface area (Å²) in [4.78, 5) is 20.3. The van der Waals surface area contributed by atoms with Crippen molar-refractivity contribution in [3.8, 4) is 0 Å². The number of hydrogen-bond acceptors (Lipinski definition) is 3. The second-order valence-electron chi connectivity index (χ2n) is 5.65. The molecule has 0 aliphatic carbocycles. The molecule has 0 aliphatic heterocycles. The van der Waals surface area contributed by atoms with Crippen LogP contribution in [0.1, 0.15) is 11.3 Å². The van der Waals surface area contributed by atoms with Crippen LogP contribution in [0, 0.1) is 5.82 Å². The molecule has 2 rings (SSSR count). The van der Waals surface area contributed by atoms with Crippen LogP contribution in [-0.4, -0.2) is 43.5 Å². The quantitative estimate of drug-likeness (QED) is 0.378. The number of guanidine groups is 1. The number of carbonyl (C=O) groups is 1. The van der Waals surface area contributed by atoms with E-state index >= 15 is 0 Å². The summed E-state index contributed by atoms with van der Waals surface area (Å²) in [6.07, 6.45) is 2.73. The Labute approximate surface area is 152 Å². The molecule has 7 heteroatoms. The number of nitrogens with one attached hydrogen (secondary N) is 3. The Kier molecular flexibility index (Phi) is 8.05. The monoisotopic (exact) mass is 357 g/mol. The number of amides is 1. The van der Waals surface area contributed by atoms with Crippen LogP contribution in [0.25, 0.3) is 0 Å². The summed E-state index contributed by atoms with van der Waals surface area (Å²) in [5, 5.41) is 9.12. The summed E-state index contributed by atoms with van der Waals surface area (Å²) in [7, 11) is 1.69. The molecular weight excluding hydrogens is 333 g/mol. The Hall–Kier alpha value is -2.96. The number of rotatable bonds is 8. The van der Waals surface area contributed by atoms with Crippen molar-refractivity contribution in [2.45, 2.75) is 12.8 Å². The van der Waals surface area contributed by atoms with Crippen LogP contribution in [0.3, 0.4) is 0 Å². The molecule has 26 heavy (non-hydrogen) atoms. The van der Waals surface area contributed by atoms with Gasteiger partial charge in [-0.05, 0) is 29.8 Å². The number of halogens is 1. The number of benzene rings is 1. The van der Waals surface area contributed by atoms with Crippen LogP contribution in [-0.2, 0) is 17.6 Å². The molecule has 0 unspecified atom stereocenters. The van der Waals surface area contributed by atoms with Crippen molar-refractivity contribution in [3.05, 3.63) is 65.7 Å². The lowest BCUT2D eigenvalue weighted by atomic mass is 10.1. The van der Waals surface area contributed by atoms with Gasteiger partial charge in [-0.2, -0.15) is 0 Å². The van der Waals surface area contributed by atoms with E-state index in [1.54, 1.807) is 25.4 Å². The first-order valence-electron chi connectivity index (χ1n) is 8.53. The van der Waals surface area contributed by atoms with Gasteiger partial charge in [-0.15, -0.1) is 0 Å². The van der Waals surface area contributed by atoms with Crippen molar-refractivity contribution in [1.29, 1.82) is 0 Å². The fourth-order valence-corrected chi connectivity index (χ4v) is 2.35. The van der Waals surface area contributed by atoms with E-state index in [1.807, 2.05) is 18.2 Å². The highest BCUT2D eigenvalue weighted by molar-refractivity contribution is 5.80. The van der Waals surface area contributed by atoms with Crippen LogP contribution >= 0.6 is 0 Å². The van der Waals surface area contributed by atoms with Gasteiger partial charge in [0.2, 0.25) is 5.91 Å². The molecule has 138 valence electrons.